The lowest BCUT2D eigenvalue weighted by atomic mass is 10.1. The first-order valence-corrected chi connectivity index (χ1v) is 10.3. The zero-order valence-corrected chi connectivity index (χ0v) is 16.8. The number of hydrogen-bond acceptors (Lipinski definition) is 6. The van der Waals surface area contributed by atoms with Gasteiger partial charge in [0.05, 0.1) is 5.75 Å². The number of esters is 1. The molecule has 1 aromatic carbocycles. The topological polar surface area (TPSA) is 119 Å². The molecule has 27 heavy (non-hydrogen) atoms. The van der Waals surface area contributed by atoms with E-state index in [9.17, 15) is 22.8 Å². The van der Waals surface area contributed by atoms with Crippen molar-refractivity contribution in [3.63, 3.8) is 0 Å². The van der Waals surface area contributed by atoms with Crippen molar-refractivity contribution in [1.82, 2.24) is 4.72 Å². The van der Waals surface area contributed by atoms with Crippen molar-refractivity contribution in [2.24, 2.45) is 0 Å². The number of carbonyl (C=O) groups excluding carboxylic acids is 3. The monoisotopic (exact) mass is 398 g/mol. The Kier molecular flexibility index (Phi) is 8.58. The first kappa shape index (κ1) is 22.8. The van der Waals surface area contributed by atoms with Crippen LogP contribution in [0.2, 0.25) is 0 Å². The second-order valence-corrected chi connectivity index (χ2v) is 8.09. The summed E-state index contributed by atoms with van der Waals surface area (Å²) in [4.78, 5) is 35.6. The molecular formula is C18H26N2O6S. The number of sulfonamides is 1. The van der Waals surface area contributed by atoms with Crippen molar-refractivity contribution in [2.45, 2.75) is 52.7 Å². The van der Waals surface area contributed by atoms with E-state index < -0.39 is 34.0 Å². The first-order valence-electron chi connectivity index (χ1n) is 8.68. The van der Waals surface area contributed by atoms with Gasteiger partial charge >= 0.3 is 5.97 Å². The second-order valence-electron chi connectivity index (χ2n) is 6.22. The van der Waals surface area contributed by atoms with Crippen LogP contribution in [0.15, 0.2) is 24.3 Å². The lowest BCUT2D eigenvalue weighted by Crippen LogP contribution is -2.43. The number of ether oxygens (including phenoxy) is 1. The number of carbonyl (C=O) groups is 3. The van der Waals surface area contributed by atoms with E-state index in [0.29, 0.717) is 24.1 Å². The fourth-order valence-corrected chi connectivity index (χ4v) is 3.52. The number of unbranched alkanes of at least 4 members (excludes halogenated alkanes) is 1. The minimum absolute atomic E-state index is 0.0797. The zero-order valence-electron chi connectivity index (χ0n) is 15.9. The molecule has 0 bridgehead atoms. The van der Waals surface area contributed by atoms with E-state index in [4.69, 9.17) is 4.74 Å². The van der Waals surface area contributed by atoms with Crippen LogP contribution in [0.1, 0.15) is 50.9 Å². The number of hydrogen-bond donors (Lipinski definition) is 2. The summed E-state index contributed by atoms with van der Waals surface area (Å²) in [5, 5.41) is 2.55. The van der Waals surface area contributed by atoms with Crippen LogP contribution in [0, 0.1) is 0 Å². The summed E-state index contributed by atoms with van der Waals surface area (Å²) in [5.41, 5.74) is 0.830. The van der Waals surface area contributed by atoms with Crippen molar-refractivity contribution < 1.29 is 27.5 Å². The molecule has 1 aromatic rings. The zero-order chi connectivity index (χ0) is 20.6. The molecular weight excluding hydrogens is 372 g/mol. The van der Waals surface area contributed by atoms with Gasteiger partial charge in [0.2, 0.25) is 10.0 Å². The van der Waals surface area contributed by atoms with Crippen molar-refractivity contribution in [1.29, 1.82) is 0 Å². The average molecular weight is 398 g/mol. The fourth-order valence-electron chi connectivity index (χ4n) is 2.10. The van der Waals surface area contributed by atoms with E-state index in [1.54, 1.807) is 18.2 Å². The Bertz CT molecular complexity index is 791. The number of ketones is 1. The third kappa shape index (κ3) is 7.88. The van der Waals surface area contributed by atoms with Crippen LogP contribution in [0.3, 0.4) is 0 Å². The summed E-state index contributed by atoms with van der Waals surface area (Å²) in [7, 11) is -3.59. The standard InChI is InChI=1S/C18H26N2O6S/c1-5-6-10-27(24,25)20-12(2)18(23)26-14(4)17(22)19-16-9-7-8-15(11-16)13(3)21/h7-9,11-12,14,20H,5-6,10H2,1-4H3,(H,19,22)/t12-,14-/m0/s1. The van der Waals surface area contributed by atoms with Gasteiger partial charge in [-0.05, 0) is 39.3 Å². The summed E-state index contributed by atoms with van der Waals surface area (Å²) >= 11 is 0. The van der Waals surface area contributed by atoms with E-state index in [0.717, 1.165) is 0 Å². The van der Waals surface area contributed by atoms with Gasteiger partial charge in [-0.25, -0.2) is 13.1 Å². The molecule has 0 saturated heterocycles. The van der Waals surface area contributed by atoms with E-state index in [2.05, 4.69) is 10.0 Å². The smallest absolute Gasteiger partial charge is 0.324 e. The predicted octanol–water partition coefficient (Wildman–Crippen LogP) is 1.87. The number of benzene rings is 1. The average Bonchev–Trinajstić information content (AvgIpc) is 2.59. The molecule has 0 spiro atoms. The molecule has 2 atom stereocenters. The van der Waals surface area contributed by atoms with Crippen LogP contribution in [0.4, 0.5) is 5.69 Å². The molecule has 0 fully saturated rings. The normalized spacial score (nSPS) is 13.5. The van der Waals surface area contributed by atoms with E-state index in [1.807, 2.05) is 6.92 Å². The molecule has 2 N–H and O–H groups in total. The predicted molar refractivity (Wildman–Crippen MR) is 102 cm³/mol. The maximum absolute atomic E-state index is 12.2. The minimum Gasteiger partial charge on any atom is -0.451 e. The molecule has 0 heterocycles. The summed E-state index contributed by atoms with van der Waals surface area (Å²) in [5.74, 6) is -1.67. The number of amides is 1. The van der Waals surface area contributed by atoms with Gasteiger partial charge in [0, 0.05) is 11.3 Å². The van der Waals surface area contributed by atoms with Crippen LogP contribution in [-0.2, 0) is 24.3 Å². The number of nitrogens with one attached hydrogen (secondary N) is 2. The van der Waals surface area contributed by atoms with Crippen LogP contribution in [0.5, 0.6) is 0 Å². The summed E-state index contributed by atoms with van der Waals surface area (Å²) in [6.07, 6.45) is 0.0536. The Morgan fingerprint density at radius 3 is 2.44 bits per heavy atom. The van der Waals surface area contributed by atoms with Crippen LogP contribution < -0.4 is 10.0 Å². The summed E-state index contributed by atoms with van der Waals surface area (Å²) in [6.45, 7) is 6.00. The maximum atomic E-state index is 12.2. The molecule has 0 aromatic heterocycles. The number of anilines is 1. The summed E-state index contributed by atoms with van der Waals surface area (Å²) < 4.78 is 30.9. The van der Waals surface area contributed by atoms with Gasteiger partial charge in [0.1, 0.15) is 6.04 Å². The van der Waals surface area contributed by atoms with Crippen molar-refractivity contribution in [2.75, 3.05) is 11.1 Å². The third-order valence-electron chi connectivity index (χ3n) is 3.68. The summed E-state index contributed by atoms with van der Waals surface area (Å²) in [6, 6.07) is 5.25. The van der Waals surface area contributed by atoms with Crippen molar-refractivity contribution >= 4 is 33.4 Å². The van der Waals surface area contributed by atoms with Gasteiger partial charge < -0.3 is 10.1 Å². The maximum Gasteiger partial charge on any atom is 0.324 e. The van der Waals surface area contributed by atoms with Gasteiger partial charge in [-0.1, -0.05) is 25.5 Å². The van der Waals surface area contributed by atoms with Gasteiger partial charge in [-0.2, -0.15) is 0 Å². The molecule has 0 saturated carbocycles. The molecule has 0 radical (unpaired) electrons. The highest BCUT2D eigenvalue weighted by Crippen LogP contribution is 2.12. The largest absolute Gasteiger partial charge is 0.451 e. The van der Waals surface area contributed by atoms with Gasteiger partial charge in [-0.15, -0.1) is 0 Å². The van der Waals surface area contributed by atoms with E-state index >= 15 is 0 Å². The van der Waals surface area contributed by atoms with Gasteiger partial charge in [0.25, 0.3) is 5.91 Å². The number of Topliss-reactive ketones (excluding diaryl/α,β-unsaturated/α-hetero) is 1. The highest BCUT2D eigenvalue weighted by atomic mass is 32.2. The third-order valence-corrected chi connectivity index (χ3v) is 5.21. The minimum atomic E-state index is -3.59. The first-order chi connectivity index (χ1) is 12.6. The Hall–Kier alpha value is -2.26. The molecule has 0 aliphatic rings. The lowest BCUT2D eigenvalue weighted by molar-refractivity contribution is -0.154. The SMILES string of the molecule is CCCCS(=O)(=O)N[C@@H](C)C(=O)O[C@@H](C)C(=O)Nc1cccc(C(C)=O)c1. The quantitative estimate of drug-likeness (QED) is 0.459. The second kappa shape index (κ2) is 10.2. The molecule has 1 rings (SSSR count). The molecule has 150 valence electrons. The fraction of sp³-hybridized carbons (Fsp3) is 0.500. The lowest BCUT2D eigenvalue weighted by Gasteiger charge is -2.17. The van der Waals surface area contributed by atoms with Crippen LogP contribution >= 0.6 is 0 Å². The van der Waals surface area contributed by atoms with E-state index in [-0.39, 0.29) is 11.5 Å². The van der Waals surface area contributed by atoms with Gasteiger partial charge in [-0.3, -0.25) is 14.4 Å². The van der Waals surface area contributed by atoms with Crippen molar-refractivity contribution in [3.8, 4) is 0 Å². The Morgan fingerprint density at radius 2 is 1.85 bits per heavy atom. The molecule has 0 unspecified atom stereocenters. The molecule has 9 heteroatoms. The highest BCUT2D eigenvalue weighted by Gasteiger charge is 2.25. The van der Waals surface area contributed by atoms with Crippen LogP contribution in [-0.4, -0.2) is 44.0 Å². The Balaban J connectivity index is 2.62. The van der Waals surface area contributed by atoms with Crippen molar-refractivity contribution in [3.05, 3.63) is 29.8 Å². The number of rotatable bonds is 10. The molecule has 1 amide bonds. The van der Waals surface area contributed by atoms with Crippen LogP contribution in [0.25, 0.3) is 0 Å². The molecule has 0 aliphatic carbocycles. The molecule has 0 aliphatic heterocycles. The Labute approximate surface area is 159 Å². The highest BCUT2D eigenvalue weighted by molar-refractivity contribution is 7.89. The van der Waals surface area contributed by atoms with Gasteiger partial charge in [0.15, 0.2) is 11.9 Å². The van der Waals surface area contributed by atoms with E-state index in [1.165, 1.54) is 26.8 Å². The Morgan fingerprint density at radius 1 is 1.19 bits per heavy atom. The molecule has 8 nitrogen and oxygen atoms in total.